The molecule has 0 atom stereocenters. The van der Waals surface area contributed by atoms with E-state index in [4.69, 9.17) is 0 Å². The van der Waals surface area contributed by atoms with Gasteiger partial charge in [-0.1, -0.05) is 29.5 Å². The van der Waals surface area contributed by atoms with Gasteiger partial charge in [-0.3, -0.25) is 4.79 Å². The molecule has 6 nitrogen and oxygen atoms in total. The summed E-state index contributed by atoms with van der Waals surface area (Å²) in [5, 5.41) is 6.71. The van der Waals surface area contributed by atoms with Crippen molar-refractivity contribution in [1.82, 2.24) is 15.0 Å². The van der Waals surface area contributed by atoms with Gasteiger partial charge >= 0.3 is 0 Å². The predicted octanol–water partition coefficient (Wildman–Crippen LogP) is 4.16. The number of para-hydroxylation sites is 1. The highest BCUT2D eigenvalue weighted by Crippen LogP contribution is 2.25. The Hall–Kier alpha value is -2.80. The second-order valence-corrected chi connectivity index (χ2v) is 6.85. The van der Waals surface area contributed by atoms with Gasteiger partial charge in [-0.15, -0.1) is 0 Å². The van der Waals surface area contributed by atoms with E-state index in [0.29, 0.717) is 21.7 Å². The number of nitrogens with zero attached hydrogens (tertiary/aromatic N) is 3. The Kier molecular flexibility index (Phi) is 4.76. The summed E-state index contributed by atoms with van der Waals surface area (Å²) < 4.78 is 0. The molecular weight excluding hydrogens is 334 g/mol. The number of aromatic nitrogens is 3. The van der Waals surface area contributed by atoms with Gasteiger partial charge in [0.05, 0.1) is 6.20 Å². The minimum Gasteiger partial charge on any atom is -0.321 e. The fraction of sp³-hybridized carbons (Fsp3) is 0.222. The first-order chi connectivity index (χ1) is 11.9. The average Bonchev–Trinajstić information content (AvgIpc) is 2.98. The van der Waals surface area contributed by atoms with Gasteiger partial charge in [0.15, 0.2) is 5.13 Å². The number of amides is 1. The van der Waals surface area contributed by atoms with Crippen molar-refractivity contribution >= 4 is 33.9 Å². The number of carbonyl (C=O) groups is 1. The maximum absolute atomic E-state index is 12.5. The zero-order valence-corrected chi connectivity index (χ0v) is 15.4. The molecule has 3 rings (SSSR count). The van der Waals surface area contributed by atoms with E-state index < -0.39 is 0 Å². The van der Waals surface area contributed by atoms with Crippen molar-refractivity contribution in [3.05, 3.63) is 58.0 Å². The number of thiazole rings is 1. The third-order valence-electron chi connectivity index (χ3n) is 3.65. The van der Waals surface area contributed by atoms with Crippen molar-refractivity contribution in [3.8, 4) is 0 Å². The smallest absolute Gasteiger partial charge is 0.267 e. The Balaban J connectivity index is 1.75. The van der Waals surface area contributed by atoms with Crippen LogP contribution < -0.4 is 10.6 Å². The van der Waals surface area contributed by atoms with E-state index in [2.05, 4.69) is 25.6 Å². The van der Waals surface area contributed by atoms with Crippen molar-refractivity contribution in [1.29, 1.82) is 0 Å². The normalized spacial score (nSPS) is 10.6. The van der Waals surface area contributed by atoms with Crippen LogP contribution in [0.1, 0.15) is 32.3 Å². The molecule has 0 radical (unpaired) electrons. The fourth-order valence-corrected chi connectivity index (χ4v) is 3.23. The van der Waals surface area contributed by atoms with Crippen LogP contribution in [0.3, 0.4) is 0 Å². The second kappa shape index (κ2) is 6.98. The third kappa shape index (κ3) is 4.00. The Labute approximate surface area is 150 Å². The molecule has 0 aliphatic rings. The largest absolute Gasteiger partial charge is 0.321 e. The molecule has 2 N–H and O–H groups in total. The molecule has 0 bridgehead atoms. The third-order valence-corrected chi connectivity index (χ3v) is 4.56. The van der Waals surface area contributed by atoms with Gasteiger partial charge in [-0.05, 0) is 38.8 Å². The summed E-state index contributed by atoms with van der Waals surface area (Å²) in [6, 6.07) is 7.76. The molecule has 1 aromatic carbocycles. The summed E-state index contributed by atoms with van der Waals surface area (Å²) >= 11 is 1.28. The molecule has 128 valence electrons. The summed E-state index contributed by atoms with van der Waals surface area (Å²) in [5.74, 6) is 1.19. The first-order valence-corrected chi connectivity index (χ1v) is 8.67. The average molecular weight is 353 g/mol. The number of hydrogen-bond acceptors (Lipinski definition) is 6. The van der Waals surface area contributed by atoms with E-state index in [0.717, 1.165) is 22.5 Å². The Bertz CT molecular complexity index is 894. The van der Waals surface area contributed by atoms with E-state index in [1.165, 1.54) is 11.3 Å². The lowest BCUT2D eigenvalue weighted by Gasteiger charge is -2.10. The van der Waals surface area contributed by atoms with Crippen LogP contribution in [0.15, 0.2) is 30.5 Å². The van der Waals surface area contributed by atoms with Crippen LogP contribution in [0.2, 0.25) is 0 Å². The summed E-state index contributed by atoms with van der Waals surface area (Å²) in [7, 11) is 0. The quantitative estimate of drug-likeness (QED) is 0.736. The standard InChI is InChI=1S/C18H19N5OS/c1-10-6-5-7-11(2)16(10)23-17(24)14-9-19-18(25-14)22-15-8-12(3)20-13(4)21-15/h5-9H,1-4H3,(H,23,24)(H,19,20,21,22). The van der Waals surface area contributed by atoms with Gasteiger partial charge in [-0.25, -0.2) is 15.0 Å². The van der Waals surface area contributed by atoms with Crippen molar-refractivity contribution in [2.24, 2.45) is 0 Å². The number of rotatable bonds is 4. The van der Waals surface area contributed by atoms with Crippen molar-refractivity contribution < 1.29 is 4.79 Å². The van der Waals surface area contributed by atoms with Gasteiger partial charge in [0, 0.05) is 17.4 Å². The van der Waals surface area contributed by atoms with Crippen LogP contribution in [0.5, 0.6) is 0 Å². The molecule has 0 fully saturated rings. The Morgan fingerprint density at radius 2 is 1.80 bits per heavy atom. The van der Waals surface area contributed by atoms with Crippen molar-refractivity contribution in [3.63, 3.8) is 0 Å². The molecular formula is C18H19N5OS. The van der Waals surface area contributed by atoms with Crippen LogP contribution >= 0.6 is 11.3 Å². The molecule has 0 aliphatic heterocycles. The molecule has 3 aromatic rings. The molecule has 2 heterocycles. The molecule has 25 heavy (non-hydrogen) atoms. The van der Waals surface area contributed by atoms with E-state index in [9.17, 15) is 4.79 Å². The first-order valence-electron chi connectivity index (χ1n) is 7.85. The number of anilines is 3. The summed E-state index contributed by atoms with van der Waals surface area (Å²) in [5.41, 5.74) is 3.78. The highest BCUT2D eigenvalue weighted by atomic mass is 32.1. The number of aryl methyl sites for hydroxylation is 4. The molecule has 0 saturated heterocycles. The fourth-order valence-electron chi connectivity index (χ4n) is 2.51. The number of carbonyl (C=O) groups excluding carboxylic acids is 1. The summed E-state index contributed by atoms with van der Waals surface area (Å²) in [4.78, 5) is 25.9. The number of benzene rings is 1. The topological polar surface area (TPSA) is 79.8 Å². The van der Waals surface area contributed by atoms with E-state index >= 15 is 0 Å². The lowest BCUT2D eigenvalue weighted by Crippen LogP contribution is -2.12. The zero-order chi connectivity index (χ0) is 18.0. The van der Waals surface area contributed by atoms with Crippen LogP contribution in [0.4, 0.5) is 16.6 Å². The van der Waals surface area contributed by atoms with Crippen LogP contribution in [0.25, 0.3) is 0 Å². The Morgan fingerprint density at radius 1 is 1.08 bits per heavy atom. The molecule has 1 amide bonds. The highest BCUT2D eigenvalue weighted by molar-refractivity contribution is 7.17. The maximum Gasteiger partial charge on any atom is 0.267 e. The van der Waals surface area contributed by atoms with Crippen molar-refractivity contribution in [2.75, 3.05) is 10.6 Å². The van der Waals surface area contributed by atoms with Gasteiger partial charge < -0.3 is 10.6 Å². The maximum atomic E-state index is 12.5. The predicted molar refractivity (Wildman–Crippen MR) is 101 cm³/mol. The monoisotopic (exact) mass is 353 g/mol. The number of nitrogens with one attached hydrogen (secondary N) is 2. The van der Waals surface area contributed by atoms with Crippen LogP contribution in [-0.4, -0.2) is 20.9 Å². The molecule has 7 heteroatoms. The number of hydrogen-bond donors (Lipinski definition) is 2. The lowest BCUT2D eigenvalue weighted by atomic mass is 10.1. The van der Waals surface area contributed by atoms with Crippen LogP contribution in [0, 0.1) is 27.7 Å². The summed E-state index contributed by atoms with van der Waals surface area (Å²) in [6.07, 6.45) is 1.57. The second-order valence-electron chi connectivity index (χ2n) is 5.82. The van der Waals surface area contributed by atoms with Crippen LogP contribution in [-0.2, 0) is 0 Å². The Morgan fingerprint density at radius 3 is 2.48 bits per heavy atom. The van der Waals surface area contributed by atoms with E-state index in [1.54, 1.807) is 6.20 Å². The van der Waals surface area contributed by atoms with E-state index in [-0.39, 0.29) is 5.91 Å². The molecule has 0 aliphatic carbocycles. The zero-order valence-electron chi connectivity index (χ0n) is 14.5. The first kappa shape index (κ1) is 17.0. The molecule has 0 saturated carbocycles. The van der Waals surface area contributed by atoms with Crippen molar-refractivity contribution in [2.45, 2.75) is 27.7 Å². The highest BCUT2D eigenvalue weighted by Gasteiger charge is 2.13. The van der Waals surface area contributed by atoms with Gasteiger partial charge in [0.25, 0.3) is 5.91 Å². The van der Waals surface area contributed by atoms with Gasteiger partial charge in [-0.2, -0.15) is 0 Å². The molecule has 0 unspecified atom stereocenters. The molecule has 2 aromatic heterocycles. The SMILES string of the molecule is Cc1cc(Nc2ncc(C(=O)Nc3c(C)cccc3C)s2)nc(C)n1. The minimum absolute atomic E-state index is 0.169. The van der Waals surface area contributed by atoms with Gasteiger partial charge in [0.2, 0.25) is 0 Å². The van der Waals surface area contributed by atoms with E-state index in [1.807, 2.05) is 52.0 Å². The summed E-state index contributed by atoms with van der Waals surface area (Å²) in [6.45, 7) is 7.69. The minimum atomic E-state index is -0.169. The lowest BCUT2D eigenvalue weighted by molar-refractivity contribution is 0.103. The van der Waals surface area contributed by atoms with Gasteiger partial charge in [0.1, 0.15) is 16.5 Å². The molecule has 0 spiro atoms.